The standard InChI is InChI=1S/C27H31ClN2O4S/c1-30-21-16-19(26(31)29-12-11-17-7-9-22(33-2)23(14-17)34-3)8-10-24(21)35-25(27(30)32)15-18-5-4-6-20(28)13-18/h4-7,9,13-15,19,21,24H,8,10-12,16H2,1-3H3,(H,29,31)/b25-15-. The van der Waals surface area contributed by atoms with Crippen LogP contribution in [0.2, 0.25) is 5.02 Å². The van der Waals surface area contributed by atoms with Crippen LogP contribution in [0.4, 0.5) is 0 Å². The van der Waals surface area contributed by atoms with E-state index in [1.54, 1.807) is 26.0 Å². The molecule has 0 spiro atoms. The Hall–Kier alpha value is -2.64. The Labute approximate surface area is 216 Å². The summed E-state index contributed by atoms with van der Waals surface area (Å²) < 4.78 is 10.6. The van der Waals surface area contributed by atoms with Crippen molar-refractivity contribution in [3.8, 4) is 11.5 Å². The van der Waals surface area contributed by atoms with Gasteiger partial charge in [-0.1, -0.05) is 29.8 Å². The zero-order chi connectivity index (χ0) is 24.9. The molecule has 2 aromatic rings. The van der Waals surface area contributed by atoms with Crippen LogP contribution in [0, 0.1) is 5.92 Å². The van der Waals surface area contributed by atoms with Gasteiger partial charge in [-0.2, -0.15) is 0 Å². The molecule has 35 heavy (non-hydrogen) atoms. The number of methoxy groups -OCH3 is 2. The Morgan fingerprint density at radius 3 is 2.71 bits per heavy atom. The van der Waals surface area contributed by atoms with Crippen molar-refractivity contribution in [2.24, 2.45) is 5.92 Å². The van der Waals surface area contributed by atoms with Gasteiger partial charge >= 0.3 is 0 Å². The van der Waals surface area contributed by atoms with E-state index in [1.165, 1.54) is 0 Å². The molecular formula is C27H31ClN2O4S. The lowest BCUT2D eigenvalue weighted by Gasteiger charge is -2.44. The molecule has 3 unspecified atom stereocenters. The third kappa shape index (κ3) is 5.96. The van der Waals surface area contributed by atoms with Gasteiger partial charge in [0.15, 0.2) is 11.5 Å². The highest BCUT2D eigenvalue weighted by Crippen LogP contribution is 2.43. The number of fused-ring (bicyclic) bond motifs is 1. The number of thioether (sulfide) groups is 1. The van der Waals surface area contributed by atoms with E-state index in [4.69, 9.17) is 21.1 Å². The summed E-state index contributed by atoms with van der Waals surface area (Å²) in [6, 6.07) is 13.4. The molecule has 0 aromatic heterocycles. The van der Waals surface area contributed by atoms with Gasteiger partial charge in [0.25, 0.3) is 5.91 Å². The minimum absolute atomic E-state index is 0.00531. The molecular weight excluding hydrogens is 484 g/mol. The van der Waals surface area contributed by atoms with E-state index in [-0.39, 0.29) is 23.8 Å². The predicted molar refractivity (Wildman–Crippen MR) is 141 cm³/mol. The Morgan fingerprint density at radius 2 is 1.97 bits per heavy atom. The third-order valence-electron chi connectivity index (χ3n) is 6.74. The maximum atomic E-state index is 13.1. The van der Waals surface area contributed by atoms with Crippen molar-refractivity contribution < 1.29 is 19.1 Å². The smallest absolute Gasteiger partial charge is 0.260 e. The lowest BCUT2D eigenvalue weighted by atomic mass is 9.83. The Morgan fingerprint density at radius 1 is 1.17 bits per heavy atom. The van der Waals surface area contributed by atoms with Crippen molar-refractivity contribution >= 4 is 41.3 Å². The lowest BCUT2D eigenvalue weighted by molar-refractivity contribution is -0.131. The number of halogens is 1. The summed E-state index contributed by atoms with van der Waals surface area (Å²) >= 11 is 7.74. The fraction of sp³-hybridized carbons (Fsp3) is 0.407. The van der Waals surface area contributed by atoms with E-state index in [0.717, 1.165) is 28.9 Å². The van der Waals surface area contributed by atoms with Crippen LogP contribution in [0.5, 0.6) is 11.5 Å². The van der Waals surface area contributed by atoms with E-state index < -0.39 is 0 Å². The number of likely N-dealkylation sites (N-methyl/N-ethyl adjacent to an activating group) is 1. The summed E-state index contributed by atoms with van der Waals surface area (Å²) in [4.78, 5) is 28.5. The van der Waals surface area contributed by atoms with Gasteiger partial charge in [0, 0.05) is 35.8 Å². The summed E-state index contributed by atoms with van der Waals surface area (Å²) in [7, 11) is 5.07. The Balaban J connectivity index is 1.33. The van der Waals surface area contributed by atoms with E-state index in [9.17, 15) is 9.59 Å². The molecule has 3 atom stereocenters. The van der Waals surface area contributed by atoms with E-state index in [2.05, 4.69) is 5.32 Å². The molecule has 6 nitrogen and oxygen atoms in total. The van der Waals surface area contributed by atoms with Crippen LogP contribution >= 0.6 is 23.4 Å². The van der Waals surface area contributed by atoms with Gasteiger partial charge in [-0.3, -0.25) is 9.59 Å². The van der Waals surface area contributed by atoms with Crippen molar-refractivity contribution in [1.29, 1.82) is 0 Å². The number of carbonyl (C=O) groups is 2. The first kappa shape index (κ1) is 25.5. The second-order valence-corrected chi connectivity index (χ2v) is 10.7. The first-order valence-corrected chi connectivity index (χ1v) is 13.0. The predicted octanol–water partition coefficient (Wildman–Crippen LogP) is 4.80. The molecule has 2 amide bonds. The number of ether oxygens (including phenoxy) is 2. The lowest BCUT2D eigenvalue weighted by Crippen LogP contribution is -2.52. The van der Waals surface area contributed by atoms with Gasteiger partial charge in [0.1, 0.15) is 0 Å². The zero-order valence-corrected chi connectivity index (χ0v) is 21.8. The molecule has 2 aromatic carbocycles. The van der Waals surface area contributed by atoms with Crippen LogP contribution in [-0.4, -0.2) is 55.8 Å². The number of hydrogen-bond donors (Lipinski definition) is 1. The molecule has 186 valence electrons. The average Bonchev–Trinajstić information content (AvgIpc) is 2.86. The van der Waals surface area contributed by atoms with Crippen molar-refractivity contribution in [3.05, 3.63) is 63.5 Å². The maximum absolute atomic E-state index is 13.1. The summed E-state index contributed by atoms with van der Waals surface area (Å²) in [5.74, 6) is 1.35. The summed E-state index contributed by atoms with van der Waals surface area (Å²) in [6.45, 7) is 0.551. The molecule has 0 bridgehead atoms. The van der Waals surface area contributed by atoms with Crippen LogP contribution in [0.15, 0.2) is 47.4 Å². The number of nitrogens with zero attached hydrogens (tertiary/aromatic N) is 1. The van der Waals surface area contributed by atoms with Crippen LogP contribution in [0.3, 0.4) is 0 Å². The monoisotopic (exact) mass is 514 g/mol. The number of amides is 2. The van der Waals surface area contributed by atoms with Crippen LogP contribution in [0.25, 0.3) is 6.08 Å². The second kappa shape index (κ2) is 11.4. The summed E-state index contributed by atoms with van der Waals surface area (Å²) in [6.07, 6.45) is 5.03. The number of nitrogens with one attached hydrogen (secondary N) is 1. The number of hydrogen-bond acceptors (Lipinski definition) is 5. The van der Waals surface area contributed by atoms with E-state index in [1.807, 2.05) is 60.5 Å². The molecule has 0 radical (unpaired) electrons. The molecule has 2 aliphatic rings. The van der Waals surface area contributed by atoms with Gasteiger partial charge in [0.05, 0.1) is 19.1 Å². The Bertz CT molecular complexity index is 1120. The van der Waals surface area contributed by atoms with Crippen LogP contribution < -0.4 is 14.8 Å². The van der Waals surface area contributed by atoms with Gasteiger partial charge in [-0.05, 0) is 67.2 Å². The third-order valence-corrected chi connectivity index (χ3v) is 8.37. The fourth-order valence-corrected chi connectivity index (χ4v) is 6.47. The van der Waals surface area contributed by atoms with Gasteiger partial charge < -0.3 is 19.7 Å². The first-order valence-electron chi connectivity index (χ1n) is 11.8. The van der Waals surface area contributed by atoms with E-state index >= 15 is 0 Å². The maximum Gasteiger partial charge on any atom is 0.260 e. The summed E-state index contributed by atoms with van der Waals surface area (Å²) in [5, 5.41) is 4.03. The van der Waals surface area contributed by atoms with E-state index in [0.29, 0.717) is 41.2 Å². The highest BCUT2D eigenvalue weighted by molar-refractivity contribution is 8.04. The number of carbonyl (C=O) groups excluding carboxylic acids is 2. The topological polar surface area (TPSA) is 67.9 Å². The molecule has 8 heteroatoms. The van der Waals surface area contributed by atoms with Gasteiger partial charge in [0.2, 0.25) is 5.91 Å². The number of benzene rings is 2. The molecule has 1 saturated carbocycles. The summed E-state index contributed by atoms with van der Waals surface area (Å²) in [5.41, 5.74) is 1.99. The van der Waals surface area contributed by atoms with Gasteiger partial charge in [-0.25, -0.2) is 0 Å². The van der Waals surface area contributed by atoms with Crippen molar-refractivity contribution in [2.45, 2.75) is 37.0 Å². The highest BCUT2D eigenvalue weighted by atomic mass is 35.5. The molecule has 1 heterocycles. The SMILES string of the molecule is COc1ccc(CCNC(=O)C2CCC3S/C(=C\c4cccc(Cl)c4)C(=O)N(C)C3C2)cc1OC. The molecule has 4 rings (SSSR count). The molecule has 1 aliphatic carbocycles. The quantitative estimate of drug-likeness (QED) is 0.537. The molecule has 2 fully saturated rings. The highest BCUT2D eigenvalue weighted by Gasteiger charge is 2.42. The van der Waals surface area contributed by atoms with Gasteiger partial charge in [-0.15, -0.1) is 11.8 Å². The first-order chi connectivity index (χ1) is 16.9. The largest absolute Gasteiger partial charge is 0.493 e. The van der Waals surface area contributed by atoms with Crippen LogP contribution in [0.1, 0.15) is 30.4 Å². The van der Waals surface area contributed by atoms with Crippen molar-refractivity contribution in [3.63, 3.8) is 0 Å². The van der Waals surface area contributed by atoms with Crippen LogP contribution in [-0.2, 0) is 16.0 Å². The molecule has 1 N–H and O–H groups in total. The average molecular weight is 515 g/mol. The van der Waals surface area contributed by atoms with Crippen molar-refractivity contribution in [1.82, 2.24) is 10.2 Å². The second-order valence-electron chi connectivity index (χ2n) is 8.94. The minimum Gasteiger partial charge on any atom is -0.493 e. The molecule has 1 aliphatic heterocycles. The number of rotatable bonds is 7. The minimum atomic E-state index is -0.0871. The normalized spacial score (nSPS) is 23.1. The van der Waals surface area contributed by atoms with Crippen molar-refractivity contribution in [2.75, 3.05) is 27.8 Å². The Kier molecular flexibility index (Phi) is 8.29. The zero-order valence-electron chi connectivity index (χ0n) is 20.3. The fourth-order valence-electron chi connectivity index (χ4n) is 4.79. The molecule has 1 saturated heterocycles.